The molecule has 1 fully saturated rings. The molecule has 2 rings (SSSR count). The van der Waals surface area contributed by atoms with E-state index in [0.717, 1.165) is 25.0 Å². The van der Waals surface area contributed by atoms with Crippen molar-refractivity contribution in [1.82, 2.24) is 10.5 Å². The third-order valence-corrected chi connectivity index (χ3v) is 3.08. The highest BCUT2D eigenvalue weighted by molar-refractivity contribution is 5.70. The molecule has 1 saturated carbocycles. The monoisotopic (exact) mass is 224 g/mol. The molecule has 0 radical (unpaired) electrons. The highest BCUT2D eigenvalue weighted by Gasteiger charge is 2.26. The van der Waals surface area contributed by atoms with Crippen molar-refractivity contribution in [2.24, 2.45) is 5.92 Å². The predicted molar refractivity (Wildman–Crippen MR) is 56.7 cm³/mol. The Balaban J connectivity index is 1.79. The zero-order valence-electron chi connectivity index (χ0n) is 9.06. The molecule has 1 aromatic heterocycles. The molecule has 2 N–H and O–H groups in total. The van der Waals surface area contributed by atoms with Gasteiger partial charge in [-0.2, -0.15) is 0 Å². The van der Waals surface area contributed by atoms with Crippen molar-refractivity contribution < 1.29 is 14.4 Å². The Morgan fingerprint density at radius 1 is 1.62 bits per heavy atom. The van der Waals surface area contributed by atoms with Crippen LogP contribution in [0.5, 0.6) is 0 Å². The molecule has 1 aliphatic carbocycles. The molecule has 0 amide bonds. The van der Waals surface area contributed by atoms with E-state index in [4.69, 9.17) is 9.63 Å². The maximum absolute atomic E-state index is 10.9. The molecule has 2 atom stereocenters. The summed E-state index contributed by atoms with van der Waals surface area (Å²) < 4.78 is 4.97. The topological polar surface area (TPSA) is 75.4 Å². The van der Waals surface area contributed by atoms with Crippen molar-refractivity contribution in [3.05, 3.63) is 18.0 Å². The lowest BCUT2D eigenvalue weighted by molar-refractivity contribution is -0.143. The van der Waals surface area contributed by atoms with Gasteiger partial charge in [-0.25, -0.2) is 0 Å². The molecule has 16 heavy (non-hydrogen) atoms. The number of nitrogens with zero attached hydrogens (tertiary/aromatic N) is 1. The maximum atomic E-state index is 10.9. The zero-order chi connectivity index (χ0) is 11.4. The second-order valence-corrected chi connectivity index (χ2v) is 4.26. The Morgan fingerprint density at radius 3 is 3.19 bits per heavy atom. The van der Waals surface area contributed by atoms with E-state index in [1.807, 2.05) is 6.07 Å². The molecular weight excluding hydrogens is 208 g/mol. The van der Waals surface area contributed by atoms with Gasteiger partial charge in [0.1, 0.15) is 5.76 Å². The molecule has 5 nitrogen and oxygen atoms in total. The maximum Gasteiger partial charge on any atom is 0.306 e. The zero-order valence-corrected chi connectivity index (χ0v) is 9.06. The molecule has 0 saturated heterocycles. The van der Waals surface area contributed by atoms with Gasteiger partial charge in [-0.1, -0.05) is 11.6 Å². The van der Waals surface area contributed by atoms with Crippen molar-refractivity contribution >= 4 is 5.97 Å². The van der Waals surface area contributed by atoms with Crippen LogP contribution in [-0.4, -0.2) is 22.3 Å². The van der Waals surface area contributed by atoms with Gasteiger partial charge in [0.05, 0.1) is 18.7 Å². The molecule has 1 heterocycles. The molecule has 0 aliphatic heterocycles. The summed E-state index contributed by atoms with van der Waals surface area (Å²) in [6.07, 6.45) is 5.14. The fourth-order valence-corrected chi connectivity index (χ4v) is 2.18. The van der Waals surface area contributed by atoms with E-state index in [2.05, 4.69) is 10.5 Å². The van der Waals surface area contributed by atoms with Crippen LogP contribution in [-0.2, 0) is 11.3 Å². The lowest BCUT2D eigenvalue weighted by Crippen LogP contribution is -2.35. The smallest absolute Gasteiger partial charge is 0.306 e. The second kappa shape index (κ2) is 5.12. The standard InChI is InChI=1S/C11H16N2O3/c14-11(15)8-2-1-3-9(6-8)12-7-10-4-5-13-16-10/h4-5,8-9,12H,1-3,6-7H2,(H,14,15). The summed E-state index contributed by atoms with van der Waals surface area (Å²) in [6, 6.07) is 2.09. The first-order chi connectivity index (χ1) is 7.75. The molecular formula is C11H16N2O3. The van der Waals surface area contributed by atoms with Crippen LogP contribution >= 0.6 is 0 Å². The van der Waals surface area contributed by atoms with Gasteiger partial charge < -0.3 is 14.9 Å². The number of aromatic nitrogens is 1. The van der Waals surface area contributed by atoms with Gasteiger partial charge in [0.25, 0.3) is 0 Å². The lowest BCUT2D eigenvalue weighted by Gasteiger charge is -2.27. The van der Waals surface area contributed by atoms with Gasteiger partial charge in [-0.15, -0.1) is 0 Å². The summed E-state index contributed by atoms with van der Waals surface area (Å²) >= 11 is 0. The molecule has 0 aromatic carbocycles. The van der Waals surface area contributed by atoms with Crippen LogP contribution in [0.2, 0.25) is 0 Å². The summed E-state index contributed by atoms with van der Waals surface area (Å²) in [4.78, 5) is 10.9. The highest BCUT2D eigenvalue weighted by atomic mass is 16.5. The summed E-state index contributed by atoms with van der Waals surface area (Å²) in [6.45, 7) is 0.622. The molecule has 0 bridgehead atoms. The Morgan fingerprint density at radius 2 is 2.50 bits per heavy atom. The van der Waals surface area contributed by atoms with E-state index in [1.165, 1.54) is 0 Å². The van der Waals surface area contributed by atoms with Gasteiger partial charge >= 0.3 is 5.97 Å². The van der Waals surface area contributed by atoms with Crippen LogP contribution in [0.1, 0.15) is 31.4 Å². The normalized spacial score (nSPS) is 25.5. The number of hydrogen-bond acceptors (Lipinski definition) is 4. The van der Waals surface area contributed by atoms with Crippen LogP contribution in [0.15, 0.2) is 16.8 Å². The quantitative estimate of drug-likeness (QED) is 0.808. The Hall–Kier alpha value is -1.36. The Kier molecular flexibility index (Phi) is 3.56. The number of aliphatic carboxylic acids is 1. The minimum absolute atomic E-state index is 0.194. The molecule has 5 heteroatoms. The average Bonchev–Trinajstić information content (AvgIpc) is 2.79. The summed E-state index contributed by atoms with van der Waals surface area (Å²) in [5, 5.41) is 15.9. The van der Waals surface area contributed by atoms with E-state index < -0.39 is 5.97 Å². The largest absolute Gasteiger partial charge is 0.481 e. The summed E-state index contributed by atoms with van der Waals surface area (Å²) in [5.41, 5.74) is 0. The fraction of sp³-hybridized carbons (Fsp3) is 0.636. The van der Waals surface area contributed by atoms with E-state index >= 15 is 0 Å². The predicted octanol–water partition coefficient (Wildman–Crippen LogP) is 1.41. The van der Waals surface area contributed by atoms with Crippen molar-refractivity contribution in [2.45, 2.75) is 38.3 Å². The van der Waals surface area contributed by atoms with Gasteiger partial charge in [-0.3, -0.25) is 4.79 Å². The average molecular weight is 224 g/mol. The van der Waals surface area contributed by atoms with Crippen molar-refractivity contribution in [2.75, 3.05) is 0 Å². The summed E-state index contributed by atoms with van der Waals surface area (Å²) in [7, 11) is 0. The molecule has 0 spiro atoms. The fourth-order valence-electron chi connectivity index (χ4n) is 2.18. The first-order valence-electron chi connectivity index (χ1n) is 5.61. The van der Waals surface area contributed by atoms with Gasteiger partial charge in [0.15, 0.2) is 0 Å². The van der Waals surface area contributed by atoms with E-state index in [-0.39, 0.29) is 12.0 Å². The second-order valence-electron chi connectivity index (χ2n) is 4.26. The van der Waals surface area contributed by atoms with Crippen molar-refractivity contribution in [3.8, 4) is 0 Å². The number of carboxylic acids is 1. The van der Waals surface area contributed by atoms with Gasteiger partial charge in [0, 0.05) is 12.1 Å². The SMILES string of the molecule is O=C(O)C1CCCC(NCc2ccno2)C1. The van der Waals surface area contributed by atoms with Crippen LogP contribution in [0.25, 0.3) is 0 Å². The molecule has 2 unspecified atom stereocenters. The number of carboxylic acid groups (broad SMARTS) is 1. The number of nitrogens with one attached hydrogen (secondary N) is 1. The van der Waals surface area contributed by atoms with Crippen LogP contribution in [0.4, 0.5) is 0 Å². The minimum atomic E-state index is -0.675. The Bertz CT molecular complexity index is 337. The minimum Gasteiger partial charge on any atom is -0.481 e. The highest BCUT2D eigenvalue weighted by Crippen LogP contribution is 2.24. The van der Waals surface area contributed by atoms with Crippen molar-refractivity contribution in [1.29, 1.82) is 0 Å². The van der Waals surface area contributed by atoms with Crippen LogP contribution in [0, 0.1) is 5.92 Å². The summed E-state index contributed by atoms with van der Waals surface area (Å²) in [5.74, 6) is -0.0791. The van der Waals surface area contributed by atoms with Gasteiger partial charge in [-0.05, 0) is 19.3 Å². The van der Waals surface area contributed by atoms with Crippen LogP contribution in [0.3, 0.4) is 0 Å². The lowest BCUT2D eigenvalue weighted by atomic mass is 9.86. The van der Waals surface area contributed by atoms with Crippen molar-refractivity contribution in [3.63, 3.8) is 0 Å². The van der Waals surface area contributed by atoms with Crippen LogP contribution < -0.4 is 5.32 Å². The molecule has 88 valence electrons. The first kappa shape index (κ1) is 11.1. The van der Waals surface area contributed by atoms with E-state index in [0.29, 0.717) is 13.0 Å². The first-order valence-corrected chi connectivity index (χ1v) is 5.61. The molecule has 1 aromatic rings. The third-order valence-electron chi connectivity index (χ3n) is 3.08. The van der Waals surface area contributed by atoms with E-state index in [1.54, 1.807) is 6.20 Å². The number of rotatable bonds is 4. The number of hydrogen-bond donors (Lipinski definition) is 2. The third kappa shape index (κ3) is 2.82. The number of carbonyl (C=O) groups is 1. The molecule has 1 aliphatic rings. The van der Waals surface area contributed by atoms with Gasteiger partial charge in [0.2, 0.25) is 0 Å². The van der Waals surface area contributed by atoms with E-state index in [9.17, 15) is 4.79 Å². The Labute approximate surface area is 93.8 Å².